The van der Waals surface area contributed by atoms with Crippen LogP contribution in [0.15, 0.2) is 12.2 Å². The molecule has 0 spiro atoms. The minimum atomic E-state index is 0.316. The summed E-state index contributed by atoms with van der Waals surface area (Å²) in [5.41, 5.74) is 0. The quantitative estimate of drug-likeness (QED) is 0.422. The van der Waals surface area contributed by atoms with Gasteiger partial charge in [0.15, 0.2) is 0 Å². The van der Waals surface area contributed by atoms with Gasteiger partial charge in [-0.2, -0.15) is 0 Å². The van der Waals surface area contributed by atoms with Gasteiger partial charge in [0, 0.05) is 5.92 Å². The van der Waals surface area contributed by atoms with Crippen molar-refractivity contribution in [3.63, 3.8) is 0 Å². The number of hydrogen-bond acceptors (Lipinski definition) is 1. The zero-order valence-corrected chi connectivity index (χ0v) is 6.42. The number of carbonyl (C=O) groups is 1. The lowest BCUT2D eigenvalue weighted by atomic mass is 9.97. The van der Waals surface area contributed by atoms with Crippen molar-refractivity contribution in [2.24, 2.45) is 11.8 Å². The summed E-state index contributed by atoms with van der Waals surface area (Å²) in [6.07, 6.45) is 8.83. The molecule has 0 radical (unpaired) electrons. The summed E-state index contributed by atoms with van der Waals surface area (Å²) in [6.45, 7) is 2.01. The van der Waals surface area contributed by atoms with Gasteiger partial charge in [0.05, 0.1) is 0 Å². The predicted octanol–water partition coefficient (Wildman–Crippen LogP) is 2.18. The van der Waals surface area contributed by atoms with Crippen molar-refractivity contribution in [2.45, 2.75) is 26.2 Å². The van der Waals surface area contributed by atoms with Crippen LogP contribution < -0.4 is 0 Å². The Labute approximate surface area is 62.1 Å². The van der Waals surface area contributed by atoms with Gasteiger partial charge in [-0.3, -0.25) is 0 Å². The summed E-state index contributed by atoms with van der Waals surface area (Å²) in [7, 11) is 0. The third-order valence-corrected chi connectivity index (χ3v) is 2.24. The van der Waals surface area contributed by atoms with Crippen LogP contribution in [-0.2, 0) is 4.79 Å². The minimum absolute atomic E-state index is 0.316. The maximum atomic E-state index is 10.5. The molecule has 1 aliphatic rings. The molecule has 1 nitrogen and oxygen atoms in total. The van der Waals surface area contributed by atoms with E-state index in [1.165, 1.54) is 12.8 Å². The highest BCUT2D eigenvalue weighted by molar-refractivity contribution is 5.55. The molecule has 0 aromatic rings. The van der Waals surface area contributed by atoms with E-state index in [-0.39, 0.29) is 0 Å². The molecule has 0 heterocycles. The fourth-order valence-electron chi connectivity index (χ4n) is 1.67. The molecule has 1 rings (SSSR count). The van der Waals surface area contributed by atoms with E-state index in [0.717, 1.165) is 12.7 Å². The number of rotatable bonds is 2. The number of allylic oxidation sites excluding steroid dienone is 2. The summed E-state index contributed by atoms with van der Waals surface area (Å²) in [6, 6.07) is 0. The standard InChI is InChI=1S/C9H14O/c1-2-4-8-5-3-6-9(8)7-10/h2,4,7-9H,3,5-6H2,1H3/b4-2+/t8-,9-/m1/s1. The Kier molecular flexibility index (Phi) is 2.67. The second-order valence-corrected chi connectivity index (χ2v) is 2.92. The van der Waals surface area contributed by atoms with E-state index < -0.39 is 0 Å². The highest BCUT2D eigenvalue weighted by Gasteiger charge is 2.23. The molecule has 0 aromatic heterocycles. The summed E-state index contributed by atoms with van der Waals surface area (Å²) in [5.74, 6) is 0.860. The third kappa shape index (κ3) is 1.47. The first-order chi connectivity index (χ1) is 4.88. The minimum Gasteiger partial charge on any atom is -0.303 e. The Morgan fingerprint density at radius 2 is 2.00 bits per heavy atom. The Morgan fingerprint density at radius 3 is 2.60 bits per heavy atom. The lowest BCUT2D eigenvalue weighted by molar-refractivity contribution is -0.111. The SMILES string of the molecule is C/C=C/[C@@H]1CCC[C@@H]1C=O. The van der Waals surface area contributed by atoms with Crippen LogP contribution in [0, 0.1) is 11.8 Å². The van der Waals surface area contributed by atoms with Gasteiger partial charge in [-0.15, -0.1) is 0 Å². The fraction of sp³-hybridized carbons (Fsp3) is 0.667. The van der Waals surface area contributed by atoms with Gasteiger partial charge in [-0.25, -0.2) is 0 Å². The molecule has 1 fully saturated rings. The molecule has 0 aromatic carbocycles. The Morgan fingerprint density at radius 1 is 1.30 bits per heavy atom. The molecule has 2 atom stereocenters. The summed E-state index contributed by atoms with van der Waals surface area (Å²) in [4.78, 5) is 10.5. The molecule has 56 valence electrons. The van der Waals surface area contributed by atoms with Crippen LogP contribution in [-0.4, -0.2) is 6.29 Å². The zero-order chi connectivity index (χ0) is 7.40. The van der Waals surface area contributed by atoms with E-state index >= 15 is 0 Å². The van der Waals surface area contributed by atoms with Crippen molar-refractivity contribution in [3.8, 4) is 0 Å². The van der Waals surface area contributed by atoms with Gasteiger partial charge < -0.3 is 4.79 Å². The van der Waals surface area contributed by atoms with Crippen molar-refractivity contribution < 1.29 is 4.79 Å². The van der Waals surface area contributed by atoms with Gasteiger partial charge in [-0.1, -0.05) is 18.6 Å². The van der Waals surface area contributed by atoms with Gasteiger partial charge in [0.2, 0.25) is 0 Å². The molecule has 0 bridgehead atoms. The molecule has 0 N–H and O–H groups in total. The van der Waals surface area contributed by atoms with Crippen LogP contribution in [0.1, 0.15) is 26.2 Å². The first-order valence-electron chi connectivity index (χ1n) is 3.96. The van der Waals surface area contributed by atoms with E-state index in [1.54, 1.807) is 0 Å². The lowest BCUT2D eigenvalue weighted by Crippen LogP contribution is -2.05. The van der Waals surface area contributed by atoms with Gasteiger partial charge in [0.1, 0.15) is 6.29 Å². The normalized spacial score (nSPS) is 33.3. The van der Waals surface area contributed by atoms with Crippen molar-refractivity contribution in [1.82, 2.24) is 0 Å². The van der Waals surface area contributed by atoms with E-state index in [4.69, 9.17) is 0 Å². The molecule has 1 aliphatic carbocycles. The van der Waals surface area contributed by atoms with Crippen molar-refractivity contribution >= 4 is 6.29 Å². The molecule has 0 saturated heterocycles. The topological polar surface area (TPSA) is 17.1 Å². The molecular weight excluding hydrogens is 124 g/mol. The lowest BCUT2D eigenvalue weighted by Gasteiger charge is -2.06. The summed E-state index contributed by atoms with van der Waals surface area (Å²) >= 11 is 0. The fourth-order valence-corrected chi connectivity index (χ4v) is 1.67. The first-order valence-corrected chi connectivity index (χ1v) is 3.96. The maximum absolute atomic E-state index is 10.5. The smallest absolute Gasteiger partial charge is 0.123 e. The van der Waals surface area contributed by atoms with E-state index in [1.807, 2.05) is 13.0 Å². The molecular formula is C9H14O. The third-order valence-electron chi connectivity index (χ3n) is 2.24. The molecule has 0 amide bonds. The van der Waals surface area contributed by atoms with E-state index in [9.17, 15) is 4.79 Å². The highest BCUT2D eigenvalue weighted by Crippen LogP contribution is 2.30. The van der Waals surface area contributed by atoms with Crippen molar-refractivity contribution in [2.75, 3.05) is 0 Å². The Balaban J connectivity index is 2.49. The molecule has 0 aliphatic heterocycles. The maximum Gasteiger partial charge on any atom is 0.123 e. The second-order valence-electron chi connectivity index (χ2n) is 2.92. The Hall–Kier alpha value is -0.590. The van der Waals surface area contributed by atoms with Crippen molar-refractivity contribution in [1.29, 1.82) is 0 Å². The van der Waals surface area contributed by atoms with Crippen LogP contribution in [0.4, 0.5) is 0 Å². The van der Waals surface area contributed by atoms with Crippen LogP contribution in [0.5, 0.6) is 0 Å². The highest BCUT2D eigenvalue weighted by atomic mass is 16.1. The largest absolute Gasteiger partial charge is 0.303 e. The summed E-state index contributed by atoms with van der Waals surface area (Å²) in [5, 5.41) is 0. The average Bonchev–Trinajstić information content (AvgIpc) is 2.36. The number of aldehydes is 1. The zero-order valence-electron chi connectivity index (χ0n) is 6.42. The van der Waals surface area contributed by atoms with Gasteiger partial charge >= 0.3 is 0 Å². The van der Waals surface area contributed by atoms with E-state index in [2.05, 4.69) is 6.08 Å². The first kappa shape index (κ1) is 7.52. The van der Waals surface area contributed by atoms with Crippen LogP contribution in [0.2, 0.25) is 0 Å². The second kappa shape index (κ2) is 3.55. The summed E-state index contributed by atoms with van der Waals surface area (Å²) < 4.78 is 0. The van der Waals surface area contributed by atoms with Crippen molar-refractivity contribution in [3.05, 3.63) is 12.2 Å². The average molecular weight is 138 g/mol. The Bertz CT molecular complexity index is 138. The van der Waals surface area contributed by atoms with Crippen LogP contribution >= 0.6 is 0 Å². The predicted molar refractivity (Wildman–Crippen MR) is 41.7 cm³/mol. The number of carbonyl (C=O) groups excluding carboxylic acids is 1. The van der Waals surface area contributed by atoms with Crippen LogP contribution in [0.3, 0.4) is 0 Å². The van der Waals surface area contributed by atoms with E-state index in [0.29, 0.717) is 11.8 Å². The molecule has 0 unspecified atom stereocenters. The monoisotopic (exact) mass is 138 g/mol. The molecule has 1 heteroatoms. The molecule has 10 heavy (non-hydrogen) atoms. The van der Waals surface area contributed by atoms with Crippen LogP contribution in [0.25, 0.3) is 0 Å². The number of hydrogen-bond donors (Lipinski definition) is 0. The van der Waals surface area contributed by atoms with Gasteiger partial charge in [0.25, 0.3) is 0 Å². The van der Waals surface area contributed by atoms with Gasteiger partial charge in [-0.05, 0) is 25.7 Å². The molecule has 1 saturated carbocycles.